The molecule has 0 saturated carbocycles. The molecule has 1 N–H and O–H groups in total. The van der Waals surface area contributed by atoms with Crippen LogP contribution in [0.4, 0.5) is 0 Å². The molecule has 0 atom stereocenters. The minimum absolute atomic E-state index is 0.0987. The molecule has 2 rings (SSSR count). The maximum Gasteiger partial charge on any atom is 0.323 e. The van der Waals surface area contributed by atoms with Gasteiger partial charge < -0.3 is 10.0 Å². The number of hydrogen-bond acceptors (Lipinski definition) is 4. The van der Waals surface area contributed by atoms with Crippen molar-refractivity contribution in [2.75, 3.05) is 26.2 Å². The molecule has 1 aromatic heterocycles. The highest BCUT2D eigenvalue weighted by Crippen LogP contribution is 2.18. The molecule has 1 saturated heterocycles. The Kier molecular flexibility index (Phi) is 4.04. The van der Waals surface area contributed by atoms with Crippen LogP contribution in [0.1, 0.15) is 24.3 Å². The van der Waals surface area contributed by atoms with Crippen LogP contribution in [0.3, 0.4) is 0 Å². The number of aromatic nitrogens is 1. The van der Waals surface area contributed by atoms with Crippen molar-refractivity contribution in [3.63, 3.8) is 0 Å². The molecule has 0 unspecified atom stereocenters. The number of aliphatic carboxylic acids is 1. The number of carboxylic acids is 1. The minimum Gasteiger partial charge on any atom is -0.480 e. The summed E-state index contributed by atoms with van der Waals surface area (Å²) < 4.78 is 0. The average Bonchev–Trinajstić information content (AvgIpc) is 2.47. The second-order valence-corrected chi connectivity index (χ2v) is 5.36. The number of carbonyl (C=O) groups excluding carboxylic acids is 1. The van der Waals surface area contributed by atoms with E-state index < -0.39 is 11.5 Å². The van der Waals surface area contributed by atoms with E-state index in [0.29, 0.717) is 31.9 Å². The molecule has 1 amide bonds. The van der Waals surface area contributed by atoms with Gasteiger partial charge in [-0.25, -0.2) is 0 Å². The fourth-order valence-electron chi connectivity index (χ4n) is 2.26. The van der Waals surface area contributed by atoms with Gasteiger partial charge in [0.2, 0.25) is 0 Å². The van der Waals surface area contributed by atoms with E-state index in [1.165, 1.54) is 0 Å². The van der Waals surface area contributed by atoms with Crippen LogP contribution in [0.25, 0.3) is 0 Å². The van der Waals surface area contributed by atoms with E-state index in [1.807, 2.05) is 4.90 Å². The Balaban J connectivity index is 1.98. The van der Waals surface area contributed by atoms with Gasteiger partial charge in [-0.3, -0.25) is 19.5 Å². The third kappa shape index (κ3) is 2.80. The molecule has 0 aromatic carbocycles. The van der Waals surface area contributed by atoms with Gasteiger partial charge in [0.05, 0.1) is 0 Å². The van der Waals surface area contributed by atoms with Crippen molar-refractivity contribution in [1.29, 1.82) is 0 Å². The number of carbonyl (C=O) groups is 2. The summed E-state index contributed by atoms with van der Waals surface area (Å²) in [4.78, 5) is 31.1. The molecule has 0 bridgehead atoms. The lowest BCUT2D eigenvalue weighted by molar-refractivity contribution is -0.150. The maximum absolute atomic E-state index is 12.2. The number of nitrogens with zero attached hydrogens (tertiary/aromatic N) is 3. The van der Waals surface area contributed by atoms with E-state index in [9.17, 15) is 14.7 Å². The van der Waals surface area contributed by atoms with Gasteiger partial charge in [-0.15, -0.1) is 0 Å². The van der Waals surface area contributed by atoms with Gasteiger partial charge >= 0.3 is 5.97 Å². The summed E-state index contributed by atoms with van der Waals surface area (Å²) in [5.74, 6) is -0.944. The largest absolute Gasteiger partial charge is 0.480 e. The van der Waals surface area contributed by atoms with Crippen molar-refractivity contribution >= 4 is 11.9 Å². The zero-order valence-electron chi connectivity index (χ0n) is 11.7. The molecule has 108 valence electrons. The summed E-state index contributed by atoms with van der Waals surface area (Å²) in [5, 5.41) is 9.21. The lowest BCUT2D eigenvalue weighted by atomic mass is 10.0. The maximum atomic E-state index is 12.2. The van der Waals surface area contributed by atoms with Crippen molar-refractivity contribution in [1.82, 2.24) is 14.8 Å². The molecule has 1 aromatic rings. The highest BCUT2D eigenvalue weighted by molar-refractivity contribution is 5.92. The molecular weight excluding hydrogens is 258 g/mol. The van der Waals surface area contributed by atoms with Crippen LogP contribution in [-0.2, 0) is 4.79 Å². The van der Waals surface area contributed by atoms with Crippen LogP contribution in [-0.4, -0.2) is 63.5 Å². The SMILES string of the molecule is CC(C)(C(=O)O)N1CCN(C(=O)c2ccccn2)CC1. The van der Waals surface area contributed by atoms with Gasteiger partial charge in [-0.2, -0.15) is 0 Å². The van der Waals surface area contributed by atoms with Gasteiger partial charge in [0.25, 0.3) is 5.91 Å². The van der Waals surface area contributed by atoms with E-state index >= 15 is 0 Å². The monoisotopic (exact) mass is 277 g/mol. The minimum atomic E-state index is -0.903. The molecule has 0 spiro atoms. The topological polar surface area (TPSA) is 73.7 Å². The first-order chi connectivity index (χ1) is 9.43. The lowest BCUT2D eigenvalue weighted by Crippen LogP contribution is -2.58. The fourth-order valence-corrected chi connectivity index (χ4v) is 2.26. The normalized spacial score (nSPS) is 17.0. The quantitative estimate of drug-likeness (QED) is 0.880. The Labute approximate surface area is 118 Å². The van der Waals surface area contributed by atoms with Crippen molar-refractivity contribution in [2.45, 2.75) is 19.4 Å². The zero-order chi connectivity index (χ0) is 14.8. The van der Waals surface area contributed by atoms with Crippen LogP contribution < -0.4 is 0 Å². The van der Waals surface area contributed by atoms with E-state index in [1.54, 1.807) is 43.1 Å². The van der Waals surface area contributed by atoms with Gasteiger partial charge in [0, 0.05) is 32.4 Å². The molecule has 0 radical (unpaired) electrons. The lowest BCUT2D eigenvalue weighted by Gasteiger charge is -2.41. The Morgan fingerprint density at radius 1 is 1.20 bits per heavy atom. The third-order valence-corrected chi connectivity index (χ3v) is 3.76. The molecule has 6 nitrogen and oxygen atoms in total. The number of hydrogen-bond donors (Lipinski definition) is 1. The summed E-state index contributed by atoms with van der Waals surface area (Å²) in [6, 6.07) is 5.24. The number of piperazine rings is 1. The van der Waals surface area contributed by atoms with Crippen LogP contribution >= 0.6 is 0 Å². The van der Waals surface area contributed by atoms with Crippen LogP contribution in [0.2, 0.25) is 0 Å². The standard InChI is InChI=1S/C14H19N3O3/c1-14(2,13(19)20)17-9-7-16(8-10-17)12(18)11-5-3-4-6-15-11/h3-6H,7-10H2,1-2H3,(H,19,20). The summed E-state index contributed by atoms with van der Waals surface area (Å²) in [5.41, 5.74) is -0.474. The number of pyridine rings is 1. The van der Waals surface area contributed by atoms with Crippen LogP contribution in [0.15, 0.2) is 24.4 Å². The first kappa shape index (κ1) is 14.5. The van der Waals surface area contributed by atoms with E-state index in [4.69, 9.17) is 0 Å². The van der Waals surface area contributed by atoms with Gasteiger partial charge in [0.15, 0.2) is 0 Å². The molecule has 2 heterocycles. The molecule has 0 aliphatic carbocycles. The van der Waals surface area contributed by atoms with Crippen molar-refractivity contribution in [3.05, 3.63) is 30.1 Å². The smallest absolute Gasteiger partial charge is 0.323 e. The average molecular weight is 277 g/mol. The Hall–Kier alpha value is -1.95. The fraction of sp³-hybridized carbons (Fsp3) is 0.500. The molecule has 6 heteroatoms. The molecule has 20 heavy (non-hydrogen) atoms. The number of amides is 1. The predicted molar refractivity (Wildman–Crippen MR) is 73.4 cm³/mol. The number of carboxylic acid groups (broad SMARTS) is 1. The summed E-state index contributed by atoms with van der Waals surface area (Å²) >= 11 is 0. The van der Waals surface area contributed by atoms with Gasteiger partial charge in [-0.05, 0) is 26.0 Å². The Morgan fingerprint density at radius 2 is 1.85 bits per heavy atom. The van der Waals surface area contributed by atoms with E-state index in [0.717, 1.165) is 0 Å². The highest BCUT2D eigenvalue weighted by atomic mass is 16.4. The van der Waals surface area contributed by atoms with Gasteiger partial charge in [-0.1, -0.05) is 6.07 Å². The van der Waals surface area contributed by atoms with Crippen molar-refractivity contribution in [3.8, 4) is 0 Å². The van der Waals surface area contributed by atoms with Gasteiger partial charge in [0.1, 0.15) is 11.2 Å². The van der Waals surface area contributed by atoms with E-state index in [-0.39, 0.29) is 5.91 Å². The Bertz CT molecular complexity index is 494. The van der Waals surface area contributed by atoms with Crippen LogP contribution in [0.5, 0.6) is 0 Å². The summed E-state index contributed by atoms with van der Waals surface area (Å²) in [7, 11) is 0. The molecule has 1 fully saturated rings. The van der Waals surface area contributed by atoms with Crippen molar-refractivity contribution in [2.24, 2.45) is 0 Å². The zero-order valence-corrected chi connectivity index (χ0v) is 11.7. The van der Waals surface area contributed by atoms with Crippen molar-refractivity contribution < 1.29 is 14.7 Å². The predicted octanol–water partition coefficient (Wildman–Crippen LogP) is 0.703. The molecule has 1 aliphatic rings. The summed E-state index contributed by atoms with van der Waals surface area (Å²) in [6.07, 6.45) is 1.59. The molecular formula is C14H19N3O3. The van der Waals surface area contributed by atoms with Crippen LogP contribution in [0, 0.1) is 0 Å². The third-order valence-electron chi connectivity index (χ3n) is 3.76. The first-order valence-corrected chi connectivity index (χ1v) is 6.61. The second kappa shape index (κ2) is 5.58. The highest BCUT2D eigenvalue weighted by Gasteiger charge is 2.37. The first-order valence-electron chi connectivity index (χ1n) is 6.61. The Morgan fingerprint density at radius 3 is 2.35 bits per heavy atom. The van der Waals surface area contributed by atoms with E-state index in [2.05, 4.69) is 4.98 Å². The molecule has 1 aliphatic heterocycles. The summed E-state index contributed by atoms with van der Waals surface area (Å²) in [6.45, 7) is 5.52. The second-order valence-electron chi connectivity index (χ2n) is 5.36. The number of rotatable bonds is 3.